The molecule has 372 valence electrons. The third-order valence-corrected chi connectivity index (χ3v) is 11.7. The van der Waals surface area contributed by atoms with Crippen molar-refractivity contribution in [2.75, 3.05) is 84.5 Å². The van der Waals surface area contributed by atoms with Gasteiger partial charge in [0.2, 0.25) is 11.8 Å². The van der Waals surface area contributed by atoms with Crippen LogP contribution in [0.3, 0.4) is 0 Å². The summed E-state index contributed by atoms with van der Waals surface area (Å²) in [5.74, 6) is -1.44. The van der Waals surface area contributed by atoms with Gasteiger partial charge < -0.3 is 43.8 Å². The summed E-state index contributed by atoms with van der Waals surface area (Å²) in [6.45, 7) is 5.65. The Hall–Kier alpha value is -6.82. The molecule has 19 heteroatoms. The quantitative estimate of drug-likeness (QED) is 0.0357. The van der Waals surface area contributed by atoms with Gasteiger partial charge in [0.05, 0.1) is 87.8 Å². The second kappa shape index (κ2) is 27.0. The van der Waals surface area contributed by atoms with Crippen LogP contribution in [0, 0.1) is 17.1 Å². The number of nitriles is 1. The molecule has 0 aliphatic carbocycles. The number of ether oxygens (including phenoxy) is 7. The van der Waals surface area contributed by atoms with E-state index in [1.807, 2.05) is 24.3 Å². The molecule has 0 saturated carbocycles. The van der Waals surface area contributed by atoms with Crippen LogP contribution in [0.4, 0.5) is 10.1 Å². The first kappa shape index (κ1) is 52.0. The zero-order chi connectivity index (χ0) is 49.8. The molecule has 3 N–H and O–H groups in total. The molecular weight excluding hydrogens is 939 g/mol. The van der Waals surface area contributed by atoms with Gasteiger partial charge >= 0.3 is 0 Å². The Kier molecular flexibility index (Phi) is 19.8. The molecule has 17 nitrogen and oxygen atoms in total. The number of piperidine rings is 1. The Bertz CT molecular complexity index is 2690. The minimum absolute atomic E-state index is 0.0530. The number of hydrogen-bond donors (Lipinski definition) is 3. The lowest BCUT2D eigenvalue weighted by molar-refractivity contribution is -0.136. The summed E-state index contributed by atoms with van der Waals surface area (Å²) in [5.41, 5.74) is 4.61. The van der Waals surface area contributed by atoms with Crippen molar-refractivity contribution in [3.63, 3.8) is 0 Å². The third kappa shape index (κ3) is 14.6. The molecule has 2 aliphatic heterocycles. The van der Waals surface area contributed by atoms with E-state index >= 15 is 0 Å². The fourth-order valence-electron chi connectivity index (χ4n) is 7.70. The van der Waals surface area contributed by atoms with Crippen molar-refractivity contribution in [1.82, 2.24) is 20.5 Å². The van der Waals surface area contributed by atoms with E-state index in [2.05, 4.69) is 27.0 Å². The number of carbonyl (C=O) groups is 4. The van der Waals surface area contributed by atoms with Crippen LogP contribution in [0.25, 0.3) is 11.1 Å². The standard InChI is InChI=1S/C52H54ClFN6O11/c53-49-38(5-3-7-41(49)40-6-1-2-9-43(40)54)34-70-39-12-11-37(46(28-39)71-33-36-27-35(29-55)30-57-31-36)32-56-15-17-65-19-21-67-23-25-69-26-24-68-22-20-66-18-16-58-44-10-4-8-42-48(44)52(64)60(51(42)63)45-13-14-47(61)59-50(45)62/h1-12,27-28,30-31,45,56,58H,13-26,32-34H2,(H,59,61,62). The van der Waals surface area contributed by atoms with E-state index in [9.17, 15) is 28.8 Å². The number of rotatable bonds is 29. The second-order valence-electron chi connectivity index (χ2n) is 16.1. The molecule has 7 rings (SSSR count). The van der Waals surface area contributed by atoms with Gasteiger partial charge in [0.1, 0.15) is 42.6 Å². The molecule has 1 atom stereocenters. The van der Waals surface area contributed by atoms with Crippen molar-refractivity contribution in [2.45, 2.75) is 38.6 Å². The van der Waals surface area contributed by atoms with E-state index < -0.39 is 29.7 Å². The van der Waals surface area contributed by atoms with Gasteiger partial charge in [-0.1, -0.05) is 60.1 Å². The highest BCUT2D eigenvalue weighted by Crippen LogP contribution is 2.35. The van der Waals surface area contributed by atoms with E-state index in [0.29, 0.717) is 130 Å². The summed E-state index contributed by atoms with van der Waals surface area (Å²) in [4.78, 5) is 55.3. The lowest BCUT2D eigenvalue weighted by Crippen LogP contribution is -2.54. The largest absolute Gasteiger partial charge is 0.489 e. The highest BCUT2D eigenvalue weighted by Gasteiger charge is 2.45. The summed E-state index contributed by atoms with van der Waals surface area (Å²) in [6.07, 6.45) is 3.29. The number of carbonyl (C=O) groups excluding carboxylic acids is 4. The van der Waals surface area contributed by atoms with Crippen molar-refractivity contribution in [3.8, 4) is 28.7 Å². The van der Waals surface area contributed by atoms with Crippen LogP contribution in [0.5, 0.6) is 11.5 Å². The van der Waals surface area contributed by atoms with Crippen LogP contribution in [-0.4, -0.2) is 119 Å². The molecule has 1 saturated heterocycles. The zero-order valence-electron chi connectivity index (χ0n) is 38.9. The van der Waals surface area contributed by atoms with E-state index in [0.717, 1.165) is 16.0 Å². The summed E-state index contributed by atoms with van der Waals surface area (Å²) in [6, 6.07) is 25.2. The molecule has 1 aromatic heterocycles. The van der Waals surface area contributed by atoms with Gasteiger partial charge in [-0.15, -0.1) is 0 Å². The van der Waals surface area contributed by atoms with Gasteiger partial charge in [0.15, 0.2) is 0 Å². The number of amides is 4. The molecular formula is C52H54ClFN6O11. The highest BCUT2D eigenvalue weighted by molar-refractivity contribution is 6.34. The van der Waals surface area contributed by atoms with E-state index in [-0.39, 0.29) is 43.0 Å². The van der Waals surface area contributed by atoms with Gasteiger partial charge in [-0.2, -0.15) is 5.26 Å². The molecule has 4 amide bonds. The first-order valence-electron chi connectivity index (χ1n) is 23.1. The minimum atomic E-state index is -1.03. The van der Waals surface area contributed by atoms with Crippen molar-refractivity contribution >= 4 is 40.9 Å². The van der Waals surface area contributed by atoms with Crippen molar-refractivity contribution in [2.24, 2.45) is 0 Å². The van der Waals surface area contributed by atoms with E-state index in [4.69, 9.17) is 44.8 Å². The monoisotopic (exact) mass is 992 g/mol. The number of nitrogens with zero attached hydrogens (tertiary/aromatic N) is 3. The first-order valence-corrected chi connectivity index (χ1v) is 23.5. The normalized spacial score (nSPS) is 14.3. The Labute approximate surface area is 415 Å². The maximum Gasteiger partial charge on any atom is 0.264 e. The molecule has 3 heterocycles. The van der Waals surface area contributed by atoms with Gasteiger partial charge in [0, 0.05) is 78.0 Å². The summed E-state index contributed by atoms with van der Waals surface area (Å²) in [5, 5.41) is 18.4. The topological polar surface area (TPSA) is 209 Å². The van der Waals surface area contributed by atoms with Crippen LogP contribution in [0.2, 0.25) is 5.02 Å². The second-order valence-corrected chi connectivity index (χ2v) is 16.5. The van der Waals surface area contributed by atoms with Crippen LogP contribution >= 0.6 is 11.6 Å². The Morgan fingerprint density at radius 2 is 1.39 bits per heavy atom. The fraction of sp³-hybridized carbons (Fsp3) is 0.346. The van der Waals surface area contributed by atoms with Crippen LogP contribution in [0.15, 0.2) is 97.3 Å². The number of fused-ring (bicyclic) bond motifs is 1. The predicted molar refractivity (Wildman–Crippen MR) is 258 cm³/mol. The highest BCUT2D eigenvalue weighted by atomic mass is 35.5. The summed E-state index contributed by atoms with van der Waals surface area (Å²) < 4.78 is 55.1. The Balaban J connectivity index is 0.720. The fourth-order valence-corrected chi connectivity index (χ4v) is 7.99. The predicted octanol–water partition coefficient (Wildman–Crippen LogP) is 6.26. The van der Waals surface area contributed by atoms with Gasteiger partial charge in [-0.3, -0.25) is 34.4 Å². The number of imide groups is 2. The van der Waals surface area contributed by atoms with Crippen molar-refractivity contribution in [1.29, 1.82) is 5.26 Å². The molecule has 0 bridgehead atoms. The first-order chi connectivity index (χ1) is 34.7. The van der Waals surface area contributed by atoms with Crippen LogP contribution in [0.1, 0.15) is 55.8 Å². The molecule has 5 aromatic rings. The number of halogens is 2. The number of aromatic nitrogens is 1. The van der Waals surface area contributed by atoms with Crippen LogP contribution in [-0.2, 0) is 53.0 Å². The smallest absolute Gasteiger partial charge is 0.264 e. The Morgan fingerprint density at radius 3 is 2.11 bits per heavy atom. The molecule has 1 fully saturated rings. The number of pyridine rings is 1. The van der Waals surface area contributed by atoms with E-state index in [1.54, 1.807) is 60.8 Å². The maximum atomic E-state index is 14.6. The molecule has 0 radical (unpaired) electrons. The third-order valence-electron chi connectivity index (χ3n) is 11.3. The Morgan fingerprint density at radius 1 is 0.718 bits per heavy atom. The molecule has 1 unspecified atom stereocenters. The number of nitrogens with one attached hydrogen (secondary N) is 3. The molecule has 71 heavy (non-hydrogen) atoms. The van der Waals surface area contributed by atoms with Gasteiger partial charge in [0.25, 0.3) is 11.8 Å². The lowest BCUT2D eigenvalue weighted by atomic mass is 10.0. The lowest BCUT2D eigenvalue weighted by Gasteiger charge is -2.27. The van der Waals surface area contributed by atoms with Gasteiger partial charge in [-0.05, 0) is 36.8 Å². The minimum Gasteiger partial charge on any atom is -0.489 e. The molecule has 0 spiro atoms. The number of benzene rings is 4. The van der Waals surface area contributed by atoms with Crippen molar-refractivity contribution in [3.05, 3.63) is 142 Å². The zero-order valence-corrected chi connectivity index (χ0v) is 39.7. The van der Waals surface area contributed by atoms with Crippen molar-refractivity contribution < 1.29 is 56.7 Å². The number of anilines is 1. The number of hydrogen-bond acceptors (Lipinski definition) is 15. The van der Waals surface area contributed by atoms with Crippen LogP contribution < -0.4 is 25.4 Å². The van der Waals surface area contributed by atoms with Gasteiger partial charge in [-0.25, -0.2) is 4.39 Å². The molecule has 4 aromatic carbocycles. The average molecular weight is 993 g/mol. The summed E-state index contributed by atoms with van der Waals surface area (Å²) >= 11 is 6.73. The molecule has 2 aliphatic rings. The van der Waals surface area contributed by atoms with E-state index in [1.165, 1.54) is 12.3 Å². The summed E-state index contributed by atoms with van der Waals surface area (Å²) in [7, 11) is 0. The maximum absolute atomic E-state index is 14.6. The SMILES string of the molecule is N#Cc1cncc(COc2cc(OCc3cccc(-c4ccccc4F)c3Cl)ccc2CNCCOCCOCCOCCOCCOCCNc2cccc3c2C(=O)N(C2CCC(=O)NC2=O)C3=O)c1. The average Bonchev–Trinajstić information content (AvgIpc) is 3.63.